The van der Waals surface area contributed by atoms with Gasteiger partial charge in [0.25, 0.3) is 0 Å². The van der Waals surface area contributed by atoms with Gasteiger partial charge in [-0.25, -0.2) is 0 Å². The van der Waals surface area contributed by atoms with Gasteiger partial charge in [0.2, 0.25) is 0 Å². The van der Waals surface area contributed by atoms with E-state index in [0.29, 0.717) is 23.0 Å². The summed E-state index contributed by atoms with van der Waals surface area (Å²) in [7, 11) is 2.13. The summed E-state index contributed by atoms with van der Waals surface area (Å²) in [6.45, 7) is 1.95. The van der Waals surface area contributed by atoms with Crippen molar-refractivity contribution in [1.29, 1.82) is 0 Å². The summed E-state index contributed by atoms with van der Waals surface area (Å²) >= 11 is 4.53. The number of thiol groups is 1. The van der Waals surface area contributed by atoms with Crippen LogP contribution in [0.1, 0.15) is 36.6 Å². The monoisotopic (exact) mass is 420 g/mol. The zero-order valence-corrected chi connectivity index (χ0v) is 17.9. The third-order valence-electron chi connectivity index (χ3n) is 6.23. The maximum atomic E-state index is 10.5. The summed E-state index contributed by atoms with van der Waals surface area (Å²) < 4.78 is 4.13. The largest absolute Gasteiger partial charge is 0.508 e. The summed E-state index contributed by atoms with van der Waals surface area (Å²) in [6, 6.07) is 9.48. The molecule has 2 aromatic heterocycles. The molecule has 4 aromatic rings. The van der Waals surface area contributed by atoms with Crippen molar-refractivity contribution in [2.24, 2.45) is 7.05 Å². The first-order valence-corrected chi connectivity index (χ1v) is 10.7. The minimum Gasteiger partial charge on any atom is -0.508 e. The first-order valence-electron chi connectivity index (χ1n) is 10.3. The highest BCUT2D eigenvalue weighted by Crippen LogP contribution is 2.37. The normalized spacial score (nSPS) is 13.7. The van der Waals surface area contributed by atoms with E-state index in [1.165, 1.54) is 41.1 Å². The van der Waals surface area contributed by atoms with Crippen molar-refractivity contribution in [3.05, 3.63) is 47.2 Å². The predicted molar refractivity (Wildman–Crippen MR) is 120 cm³/mol. The number of nitrogens with zero attached hydrogens (tertiary/aromatic N) is 4. The molecule has 7 heteroatoms. The van der Waals surface area contributed by atoms with E-state index < -0.39 is 0 Å². The zero-order valence-electron chi connectivity index (χ0n) is 17.1. The molecule has 1 aliphatic carbocycles. The Hall–Kier alpha value is -2.93. The molecule has 0 aliphatic heterocycles. The van der Waals surface area contributed by atoms with Crippen LogP contribution in [0.4, 0.5) is 0 Å². The minimum absolute atomic E-state index is 0.0397. The Labute approximate surface area is 180 Å². The van der Waals surface area contributed by atoms with Gasteiger partial charge in [-0.1, -0.05) is 13.0 Å². The van der Waals surface area contributed by atoms with Crippen molar-refractivity contribution in [3.63, 3.8) is 0 Å². The molecule has 0 atom stereocenters. The van der Waals surface area contributed by atoms with E-state index in [1.54, 1.807) is 6.07 Å². The molecule has 0 saturated heterocycles. The van der Waals surface area contributed by atoms with Gasteiger partial charge in [-0.05, 0) is 61.4 Å². The van der Waals surface area contributed by atoms with Gasteiger partial charge in [-0.3, -0.25) is 4.57 Å². The standard InChI is InChI=1S/C23H24N4O2S/c1-3-13-10-17(21(29)12-20(13)28)22-24-25-23(30)27(22)14-8-9-16-15-6-4-5-7-18(15)26(2)19(16)11-14/h8-12,28-29H,3-7H2,1-2H3,(H,25,30). The van der Waals surface area contributed by atoms with Gasteiger partial charge >= 0.3 is 0 Å². The maximum Gasteiger partial charge on any atom is 0.193 e. The Kier molecular flexibility index (Phi) is 4.50. The highest BCUT2D eigenvalue weighted by atomic mass is 32.1. The molecule has 2 heterocycles. The van der Waals surface area contributed by atoms with E-state index in [4.69, 9.17) is 0 Å². The summed E-state index contributed by atoms with van der Waals surface area (Å²) in [5.41, 5.74) is 6.20. The molecule has 154 valence electrons. The van der Waals surface area contributed by atoms with Crippen LogP contribution in [-0.4, -0.2) is 29.5 Å². The average molecular weight is 421 g/mol. The Bertz CT molecular complexity index is 1290. The molecule has 30 heavy (non-hydrogen) atoms. The van der Waals surface area contributed by atoms with Crippen LogP contribution >= 0.6 is 12.6 Å². The lowest BCUT2D eigenvalue weighted by Gasteiger charge is -2.12. The molecule has 0 saturated carbocycles. The first-order chi connectivity index (χ1) is 14.5. The molecule has 1 aliphatic rings. The SMILES string of the molecule is CCc1cc(-c2nnc(S)n2-c2ccc3c4c(n(C)c3c2)CCCC4)c(O)cc1O. The fourth-order valence-electron chi connectivity index (χ4n) is 4.66. The van der Waals surface area contributed by atoms with Crippen molar-refractivity contribution in [2.45, 2.75) is 44.2 Å². The van der Waals surface area contributed by atoms with Crippen LogP contribution in [0.25, 0.3) is 28.0 Å². The molecule has 0 unspecified atom stereocenters. The molecule has 5 rings (SSSR count). The first kappa shape index (κ1) is 19.1. The molecule has 0 radical (unpaired) electrons. The minimum atomic E-state index is -0.0397. The molecule has 0 spiro atoms. The number of benzene rings is 2. The molecular formula is C23H24N4O2S. The number of hydrogen-bond donors (Lipinski definition) is 3. The average Bonchev–Trinajstić information content (AvgIpc) is 3.26. The number of aryl methyl sites for hydroxylation is 3. The lowest BCUT2D eigenvalue weighted by molar-refractivity contribution is 0.447. The van der Waals surface area contributed by atoms with Crippen LogP contribution < -0.4 is 0 Å². The van der Waals surface area contributed by atoms with Crippen LogP contribution in [0, 0.1) is 0 Å². The quantitative estimate of drug-likeness (QED) is 0.425. The van der Waals surface area contributed by atoms with Gasteiger partial charge in [-0.15, -0.1) is 22.8 Å². The van der Waals surface area contributed by atoms with Crippen LogP contribution in [0.3, 0.4) is 0 Å². The summed E-state index contributed by atoms with van der Waals surface area (Å²) in [6.07, 6.45) is 5.36. The number of rotatable bonds is 3. The summed E-state index contributed by atoms with van der Waals surface area (Å²) in [5, 5.41) is 30.7. The Balaban J connectivity index is 1.71. The number of aromatic nitrogens is 4. The molecule has 2 aromatic carbocycles. The van der Waals surface area contributed by atoms with Crippen LogP contribution in [0.2, 0.25) is 0 Å². The van der Waals surface area contributed by atoms with Crippen LogP contribution in [-0.2, 0) is 26.3 Å². The third kappa shape index (κ3) is 2.80. The third-order valence-corrected chi connectivity index (χ3v) is 6.52. The summed E-state index contributed by atoms with van der Waals surface area (Å²) in [5.74, 6) is 0.527. The second-order valence-corrected chi connectivity index (χ2v) is 8.30. The summed E-state index contributed by atoms with van der Waals surface area (Å²) in [4.78, 5) is 0. The number of fused-ring (bicyclic) bond motifs is 3. The van der Waals surface area contributed by atoms with Gasteiger partial charge < -0.3 is 14.8 Å². The van der Waals surface area contributed by atoms with Crippen LogP contribution in [0.15, 0.2) is 35.5 Å². The Morgan fingerprint density at radius 1 is 1.03 bits per heavy atom. The van der Waals surface area contributed by atoms with Gasteiger partial charge in [0.15, 0.2) is 11.0 Å². The Morgan fingerprint density at radius 3 is 2.63 bits per heavy atom. The van der Waals surface area contributed by atoms with E-state index in [9.17, 15) is 10.2 Å². The fraction of sp³-hybridized carbons (Fsp3) is 0.304. The Morgan fingerprint density at radius 2 is 1.83 bits per heavy atom. The molecule has 2 N–H and O–H groups in total. The van der Waals surface area contributed by atoms with E-state index in [1.807, 2.05) is 11.5 Å². The van der Waals surface area contributed by atoms with Gasteiger partial charge in [0, 0.05) is 24.2 Å². The second kappa shape index (κ2) is 7.09. The smallest absolute Gasteiger partial charge is 0.193 e. The second-order valence-electron chi connectivity index (χ2n) is 7.90. The van der Waals surface area contributed by atoms with Gasteiger partial charge in [-0.2, -0.15) is 0 Å². The number of phenols is 2. The predicted octanol–water partition coefficient (Wildman–Crippen LogP) is 4.57. The zero-order chi connectivity index (χ0) is 21.0. The van der Waals surface area contributed by atoms with Crippen LogP contribution in [0.5, 0.6) is 11.5 Å². The highest BCUT2D eigenvalue weighted by molar-refractivity contribution is 7.80. The molecular weight excluding hydrogens is 396 g/mol. The molecule has 0 bridgehead atoms. The topological polar surface area (TPSA) is 76.1 Å². The lowest BCUT2D eigenvalue weighted by Crippen LogP contribution is -2.04. The van der Waals surface area contributed by atoms with E-state index >= 15 is 0 Å². The van der Waals surface area contributed by atoms with Gasteiger partial charge in [0.1, 0.15) is 11.5 Å². The fourth-order valence-corrected chi connectivity index (χ4v) is 4.91. The molecule has 0 fully saturated rings. The van der Waals surface area contributed by atoms with E-state index in [2.05, 4.69) is 52.6 Å². The van der Waals surface area contributed by atoms with E-state index in [-0.39, 0.29) is 11.5 Å². The number of phenolic OH excluding ortho intramolecular Hbond substituents is 2. The number of aromatic hydroxyl groups is 2. The van der Waals surface area contributed by atoms with Crippen molar-refractivity contribution in [2.75, 3.05) is 0 Å². The molecule has 0 amide bonds. The number of hydrogen-bond acceptors (Lipinski definition) is 5. The van der Waals surface area contributed by atoms with Crippen molar-refractivity contribution in [1.82, 2.24) is 19.3 Å². The van der Waals surface area contributed by atoms with Crippen molar-refractivity contribution in [3.8, 4) is 28.6 Å². The lowest BCUT2D eigenvalue weighted by atomic mass is 9.95. The highest BCUT2D eigenvalue weighted by Gasteiger charge is 2.22. The molecule has 6 nitrogen and oxygen atoms in total. The maximum absolute atomic E-state index is 10.5. The van der Waals surface area contributed by atoms with Crippen molar-refractivity contribution < 1.29 is 10.2 Å². The van der Waals surface area contributed by atoms with Crippen molar-refractivity contribution >= 4 is 23.5 Å². The van der Waals surface area contributed by atoms with Gasteiger partial charge in [0.05, 0.1) is 16.8 Å². The van der Waals surface area contributed by atoms with E-state index in [0.717, 1.165) is 24.1 Å².